The molecule has 0 N–H and O–H groups in total. The molecule has 1 aromatic heterocycles. The van der Waals surface area contributed by atoms with Gasteiger partial charge >= 0.3 is 0 Å². The smallest absolute Gasteiger partial charge is 0.249 e. The largest absolute Gasteiger partial charge is 0.381 e. The highest BCUT2D eigenvalue weighted by Gasteiger charge is 2.37. The molecule has 0 spiro atoms. The third-order valence-electron chi connectivity index (χ3n) is 5.12. The second-order valence-electron chi connectivity index (χ2n) is 7.01. The quantitative estimate of drug-likeness (QED) is 0.732. The van der Waals surface area contributed by atoms with E-state index >= 15 is 0 Å². The molecule has 0 radical (unpaired) electrons. The van der Waals surface area contributed by atoms with Gasteiger partial charge < -0.3 is 19.3 Å². The molecular formula is C18H28N4O4. The predicted octanol–water partition coefficient (Wildman–Crippen LogP) is 0.446. The summed E-state index contributed by atoms with van der Waals surface area (Å²) in [4.78, 5) is 29.0. The number of ether oxygens (including phenoxy) is 2. The highest BCUT2D eigenvalue weighted by Crippen LogP contribution is 2.24. The molecule has 3 heterocycles. The van der Waals surface area contributed by atoms with Crippen molar-refractivity contribution < 1.29 is 19.1 Å². The van der Waals surface area contributed by atoms with Gasteiger partial charge in [0.05, 0.1) is 11.7 Å². The number of hydrogen-bond acceptors (Lipinski definition) is 5. The van der Waals surface area contributed by atoms with Gasteiger partial charge in [-0.3, -0.25) is 14.3 Å². The SMILES string of the molecule is COCC(=O)N(C1CCOCC1)C1CCN(C(=O)Cn2ccc(C)n2)C1. The van der Waals surface area contributed by atoms with Crippen molar-refractivity contribution in [2.45, 2.75) is 44.8 Å². The fourth-order valence-electron chi connectivity index (χ4n) is 3.85. The van der Waals surface area contributed by atoms with Crippen molar-refractivity contribution in [3.05, 3.63) is 18.0 Å². The zero-order chi connectivity index (χ0) is 18.5. The minimum absolute atomic E-state index is 0.00130. The number of nitrogens with zero attached hydrogens (tertiary/aromatic N) is 4. The van der Waals surface area contributed by atoms with Crippen LogP contribution in [0.5, 0.6) is 0 Å². The van der Waals surface area contributed by atoms with Gasteiger partial charge in [-0.2, -0.15) is 5.10 Å². The number of rotatable bonds is 6. The summed E-state index contributed by atoms with van der Waals surface area (Å²) in [6.45, 7) is 4.82. The lowest BCUT2D eigenvalue weighted by Crippen LogP contribution is -2.51. The normalized spacial score (nSPS) is 21.2. The molecule has 8 heteroatoms. The van der Waals surface area contributed by atoms with Gasteiger partial charge in [-0.05, 0) is 32.3 Å². The van der Waals surface area contributed by atoms with Crippen LogP contribution >= 0.6 is 0 Å². The Kier molecular flexibility index (Phi) is 6.26. The van der Waals surface area contributed by atoms with Crippen LogP contribution in [0, 0.1) is 6.92 Å². The molecule has 0 aliphatic carbocycles. The predicted molar refractivity (Wildman–Crippen MR) is 94.5 cm³/mol. The van der Waals surface area contributed by atoms with Crippen LogP contribution in [0.4, 0.5) is 0 Å². The van der Waals surface area contributed by atoms with E-state index in [2.05, 4.69) is 5.10 Å². The van der Waals surface area contributed by atoms with Crippen molar-refractivity contribution in [1.29, 1.82) is 0 Å². The molecule has 0 saturated carbocycles. The van der Waals surface area contributed by atoms with Gasteiger partial charge in [-0.1, -0.05) is 0 Å². The van der Waals surface area contributed by atoms with Gasteiger partial charge in [0.15, 0.2) is 0 Å². The van der Waals surface area contributed by atoms with Crippen LogP contribution in [0.25, 0.3) is 0 Å². The third kappa shape index (κ3) is 4.42. The topological polar surface area (TPSA) is 76.9 Å². The molecule has 2 aliphatic rings. The zero-order valence-corrected chi connectivity index (χ0v) is 15.6. The number of aromatic nitrogens is 2. The minimum Gasteiger partial charge on any atom is -0.381 e. The van der Waals surface area contributed by atoms with E-state index in [0.717, 1.165) is 25.0 Å². The van der Waals surface area contributed by atoms with E-state index in [-0.39, 0.29) is 37.0 Å². The van der Waals surface area contributed by atoms with Crippen molar-refractivity contribution in [3.63, 3.8) is 0 Å². The lowest BCUT2D eigenvalue weighted by molar-refractivity contribution is -0.143. The first kappa shape index (κ1) is 18.8. The van der Waals surface area contributed by atoms with Gasteiger partial charge in [-0.15, -0.1) is 0 Å². The van der Waals surface area contributed by atoms with E-state index in [4.69, 9.17) is 9.47 Å². The number of carbonyl (C=O) groups is 2. The van der Waals surface area contributed by atoms with Crippen molar-refractivity contribution in [3.8, 4) is 0 Å². The van der Waals surface area contributed by atoms with Crippen LogP contribution in [0.2, 0.25) is 0 Å². The number of amides is 2. The number of hydrogen-bond donors (Lipinski definition) is 0. The summed E-state index contributed by atoms with van der Waals surface area (Å²) in [5, 5.41) is 4.28. The molecule has 1 aromatic rings. The minimum atomic E-state index is 0.00130. The maximum atomic E-state index is 12.6. The summed E-state index contributed by atoms with van der Waals surface area (Å²) in [5.74, 6) is 0.0446. The fourth-order valence-corrected chi connectivity index (χ4v) is 3.85. The molecule has 26 heavy (non-hydrogen) atoms. The lowest BCUT2D eigenvalue weighted by atomic mass is 10.0. The Hall–Kier alpha value is -1.93. The monoisotopic (exact) mass is 364 g/mol. The molecule has 0 bridgehead atoms. The highest BCUT2D eigenvalue weighted by molar-refractivity contribution is 5.79. The average molecular weight is 364 g/mol. The Morgan fingerprint density at radius 1 is 1.31 bits per heavy atom. The Morgan fingerprint density at radius 2 is 2.08 bits per heavy atom. The van der Waals surface area contributed by atoms with Crippen LogP contribution in [0.3, 0.4) is 0 Å². The molecule has 2 amide bonds. The van der Waals surface area contributed by atoms with Gasteiger partial charge in [-0.25, -0.2) is 0 Å². The molecule has 8 nitrogen and oxygen atoms in total. The number of carbonyl (C=O) groups excluding carboxylic acids is 2. The Labute approximate surface area is 154 Å². The maximum absolute atomic E-state index is 12.6. The second kappa shape index (κ2) is 8.64. The molecular weight excluding hydrogens is 336 g/mol. The van der Waals surface area contributed by atoms with Gasteiger partial charge in [0.25, 0.3) is 0 Å². The van der Waals surface area contributed by atoms with E-state index in [1.165, 1.54) is 7.11 Å². The zero-order valence-electron chi connectivity index (χ0n) is 15.6. The lowest BCUT2D eigenvalue weighted by Gasteiger charge is -2.38. The summed E-state index contributed by atoms with van der Waals surface area (Å²) in [6, 6.07) is 2.10. The molecule has 2 fully saturated rings. The highest BCUT2D eigenvalue weighted by atomic mass is 16.5. The van der Waals surface area contributed by atoms with Crippen LogP contribution in [0.1, 0.15) is 25.0 Å². The van der Waals surface area contributed by atoms with Crippen molar-refractivity contribution in [2.24, 2.45) is 0 Å². The Bertz CT molecular complexity index is 626. The first-order chi connectivity index (χ1) is 12.6. The van der Waals surface area contributed by atoms with Crippen LogP contribution in [-0.4, -0.2) is 83.5 Å². The van der Waals surface area contributed by atoms with E-state index in [1.807, 2.05) is 29.0 Å². The first-order valence-electron chi connectivity index (χ1n) is 9.24. The standard InChI is InChI=1S/C18H28N4O4/c1-14-3-8-21(19-14)12-17(23)20-7-4-16(11-20)22(18(24)13-25-2)15-5-9-26-10-6-15/h3,8,15-16H,4-7,9-13H2,1-2H3. The van der Waals surface area contributed by atoms with Crippen LogP contribution in [-0.2, 0) is 25.6 Å². The van der Waals surface area contributed by atoms with Gasteiger partial charge in [0.2, 0.25) is 11.8 Å². The average Bonchev–Trinajstić information content (AvgIpc) is 3.26. The number of methoxy groups -OCH3 is 1. The van der Waals surface area contributed by atoms with E-state index in [0.29, 0.717) is 26.3 Å². The molecule has 3 rings (SSSR count). The van der Waals surface area contributed by atoms with Crippen LogP contribution < -0.4 is 0 Å². The van der Waals surface area contributed by atoms with Crippen molar-refractivity contribution in [2.75, 3.05) is 40.0 Å². The molecule has 144 valence electrons. The van der Waals surface area contributed by atoms with Crippen molar-refractivity contribution in [1.82, 2.24) is 19.6 Å². The summed E-state index contributed by atoms with van der Waals surface area (Å²) in [5.41, 5.74) is 0.896. The van der Waals surface area contributed by atoms with E-state index in [1.54, 1.807) is 4.68 Å². The van der Waals surface area contributed by atoms with Gasteiger partial charge in [0, 0.05) is 45.7 Å². The fraction of sp³-hybridized carbons (Fsp3) is 0.722. The summed E-state index contributed by atoms with van der Waals surface area (Å²) in [6.07, 6.45) is 4.30. The van der Waals surface area contributed by atoms with Gasteiger partial charge in [0.1, 0.15) is 13.2 Å². The molecule has 0 aromatic carbocycles. The first-order valence-corrected chi connectivity index (χ1v) is 9.24. The van der Waals surface area contributed by atoms with Crippen LogP contribution in [0.15, 0.2) is 12.3 Å². The maximum Gasteiger partial charge on any atom is 0.249 e. The van der Waals surface area contributed by atoms with E-state index < -0.39 is 0 Å². The second-order valence-corrected chi connectivity index (χ2v) is 7.01. The third-order valence-corrected chi connectivity index (χ3v) is 5.12. The molecule has 1 atom stereocenters. The number of likely N-dealkylation sites (tertiary alicyclic amines) is 1. The molecule has 2 saturated heterocycles. The summed E-state index contributed by atoms with van der Waals surface area (Å²) >= 11 is 0. The Balaban J connectivity index is 1.63. The van der Waals surface area contributed by atoms with E-state index in [9.17, 15) is 9.59 Å². The summed E-state index contributed by atoms with van der Waals surface area (Å²) in [7, 11) is 1.54. The molecule has 1 unspecified atom stereocenters. The Morgan fingerprint density at radius 3 is 2.73 bits per heavy atom. The van der Waals surface area contributed by atoms with Crippen molar-refractivity contribution >= 4 is 11.8 Å². The summed E-state index contributed by atoms with van der Waals surface area (Å²) < 4.78 is 12.2. The molecule has 2 aliphatic heterocycles. The number of aryl methyl sites for hydroxylation is 1.